The molecule has 0 radical (unpaired) electrons. The van der Waals surface area contributed by atoms with E-state index < -0.39 is 27.6 Å². The molecule has 1 aliphatic rings. The summed E-state index contributed by atoms with van der Waals surface area (Å²) in [6.45, 7) is 23.4. The summed E-state index contributed by atoms with van der Waals surface area (Å²) in [5, 5.41) is 1.85. The van der Waals surface area contributed by atoms with Gasteiger partial charge in [0.15, 0.2) is 0 Å². The molecule has 1 aromatic rings. The number of halogens is 2. The molecule has 0 amide bonds. The Morgan fingerprint density at radius 1 is 0.926 bits per heavy atom. The van der Waals surface area contributed by atoms with E-state index in [2.05, 4.69) is 86.7 Å². The average molecular weight is 463 g/mol. The van der Waals surface area contributed by atoms with E-state index in [1.54, 1.807) is 3.88 Å². The van der Waals surface area contributed by atoms with Gasteiger partial charge in [0.05, 0.1) is 0 Å². The van der Waals surface area contributed by atoms with Gasteiger partial charge in [-0.3, -0.25) is 0 Å². The van der Waals surface area contributed by atoms with Gasteiger partial charge in [0.2, 0.25) is 0 Å². The number of allylic oxidation sites excluding steroid dienone is 4. The molecule has 0 saturated carbocycles. The van der Waals surface area contributed by atoms with Crippen LogP contribution in [0.5, 0.6) is 5.75 Å². The van der Waals surface area contributed by atoms with Gasteiger partial charge in [0.1, 0.15) is 0 Å². The van der Waals surface area contributed by atoms with Gasteiger partial charge in [-0.25, -0.2) is 0 Å². The van der Waals surface area contributed by atoms with Crippen LogP contribution in [-0.2, 0) is 19.5 Å². The Morgan fingerprint density at radius 2 is 1.48 bits per heavy atom. The quantitative estimate of drug-likeness (QED) is 0.430. The van der Waals surface area contributed by atoms with Gasteiger partial charge in [-0.15, -0.1) is 24.8 Å². The number of benzene rings is 1. The molecule has 0 aliphatic heterocycles. The van der Waals surface area contributed by atoms with E-state index in [9.17, 15) is 0 Å². The Balaban J connectivity index is 0.00000338. The van der Waals surface area contributed by atoms with Crippen LogP contribution >= 0.6 is 24.8 Å². The van der Waals surface area contributed by atoms with Crippen molar-refractivity contribution < 1.29 is 22.9 Å². The van der Waals surface area contributed by atoms with E-state index in [0.717, 1.165) is 5.75 Å². The van der Waals surface area contributed by atoms with Gasteiger partial charge >= 0.3 is 166 Å². The minimum atomic E-state index is -1.54. The molecule has 0 spiro atoms. The zero-order valence-electron chi connectivity index (χ0n) is 18.5. The monoisotopic (exact) mass is 462 g/mol. The molecule has 0 N–H and O–H groups in total. The van der Waals surface area contributed by atoms with Crippen molar-refractivity contribution in [2.45, 2.75) is 73.5 Å². The van der Waals surface area contributed by atoms with Crippen LogP contribution in [0.3, 0.4) is 0 Å². The molecule has 0 fully saturated rings. The van der Waals surface area contributed by atoms with Gasteiger partial charge in [-0.1, -0.05) is 0 Å². The van der Waals surface area contributed by atoms with Crippen molar-refractivity contribution in [1.29, 1.82) is 0 Å². The Hall–Kier alpha value is 0.0112. The summed E-state index contributed by atoms with van der Waals surface area (Å²) in [5.41, 5.74) is 5.79. The van der Waals surface area contributed by atoms with Gasteiger partial charge in [0.25, 0.3) is 0 Å². The normalized spacial score (nSPS) is 17.5. The second kappa shape index (κ2) is 9.67. The van der Waals surface area contributed by atoms with Crippen molar-refractivity contribution in [2.24, 2.45) is 5.92 Å². The fourth-order valence-corrected chi connectivity index (χ4v) is 6.89. The zero-order valence-corrected chi connectivity index (χ0v) is 22.7. The van der Waals surface area contributed by atoms with Crippen LogP contribution < -0.4 is 8.51 Å². The minimum absolute atomic E-state index is 0. The summed E-state index contributed by atoms with van der Waals surface area (Å²) in [4.78, 5) is 0. The van der Waals surface area contributed by atoms with Crippen LogP contribution in [0.15, 0.2) is 38.8 Å². The number of rotatable bonds is 4. The van der Waals surface area contributed by atoms with E-state index in [4.69, 9.17) is 3.32 Å². The summed E-state index contributed by atoms with van der Waals surface area (Å²) < 4.78 is 7.98. The topological polar surface area (TPSA) is 9.23 Å². The van der Waals surface area contributed by atoms with Crippen molar-refractivity contribution in [1.82, 2.24) is 0 Å². The van der Waals surface area contributed by atoms with Crippen molar-refractivity contribution in [3.63, 3.8) is 0 Å². The molecule has 1 atom stereocenters. The summed E-state index contributed by atoms with van der Waals surface area (Å²) >= 11 is -0.583. The molecule has 0 heterocycles. The average Bonchev–Trinajstić information content (AvgIpc) is 2.68. The summed E-state index contributed by atoms with van der Waals surface area (Å²) in [6.07, 6.45) is 0. The Labute approximate surface area is 189 Å². The molecule has 5 heteroatoms. The molecule has 0 saturated heterocycles. The maximum absolute atomic E-state index is 6.42. The Bertz CT molecular complexity index is 745. The molecular formula is C22H36Cl2OSiTi. The maximum atomic E-state index is 6.42. The third-order valence-corrected chi connectivity index (χ3v) is 14.2. The van der Waals surface area contributed by atoms with E-state index in [1.165, 1.54) is 27.5 Å². The first-order valence-corrected chi connectivity index (χ1v) is 13.7. The fourth-order valence-electron chi connectivity index (χ4n) is 3.24. The van der Waals surface area contributed by atoms with E-state index in [1.807, 2.05) is 0 Å². The van der Waals surface area contributed by atoms with Crippen LogP contribution in [0, 0.1) is 12.8 Å². The van der Waals surface area contributed by atoms with E-state index >= 15 is 0 Å². The maximum Gasteiger partial charge on any atom is -0.147 e. The van der Waals surface area contributed by atoms with Gasteiger partial charge in [0, 0.05) is 0 Å². The largest absolute Gasteiger partial charge is 0.147 e. The molecular weight excluding hydrogens is 427 g/mol. The van der Waals surface area contributed by atoms with E-state index in [-0.39, 0.29) is 24.8 Å². The Kier molecular flexibility index (Phi) is 9.68. The van der Waals surface area contributed by atoms with Crippen LogP contribution in [0.2, 0.25) is 18.1 Å². The molecule has 1 nitrogen and oxygen atoms in total. The molecule has 0 bridgehead atoms. The van der Waals surface area contributed by atoms with Crippen molar-refractivity contribution >= 4 is 38.1 Å². The molecule has 152 valence electrons. The molecule has 0 aromatic heterocycles. The standard InChI is InChI=1S/C13H22OSi.C9H13.2ClH.Ti/c1-10-7-11(14)9-12(8-10)15(5,6)13(2,3)4;1-6-5-7(2)9(4)8(6)3;;;/h7-9,14H,1-6H3;6H,1-4H3;2*1H;/q;;;;+1/p-1. The van der Waals surface area contributed by atoms with Crippen LogP contribution in [0.25, 0.3) is 0 Å². The molecule has 27 heavy (non-hydrogen) atoms. The fraction of sp³-hybridized carbons (Fsp3) is 0.545. The first kappa shape index (κ1) is 27.0. The van der Waals surface area contributed by atoms with Crippen molar-refractivity contribution in [3.05, 3.63) is 44.4 Å². The summed E-state index contributed by atoms with van der Waals surface area (Å²) in [6, 6.07) is 6.92. The smallest absolute Gasteiger partial charge is 0.147 e. The summed E-state index contributed by atoms with van der Waals surface area (Å²) in [7, 11) is -1.54. The number of hydrogen-bond acceptors (Lipinski definition) is 1. The van der Waals surface area contributed by atoms with Crippen LogP contribution in [0.4, 0.5) is 0 Å². The summed E-state index contributed by atoms with van der Waals surface area (Å²) in [5.74, 6) is 1.64. The van der Waals surface area contributed by atoms with Crippen LogP contribution in [0.1, 0.15) is 54.0 Å². The third kappa shape index (κ3) is 5.54. The molecule has 2 rings (SSSR count). The molecule has 1 aromatic carbocycles. The van der Waals surface area contributed by atoms with Crippen molar-refractivity contribution in [2.75, 3.05) is 0 Å². The van der Waals surface area contributed by atoms with Gasteiger partial charge in [-0.05, 0) is 0 Å². The number of aryl methyl sites for hydroxylation is 1. The first-order chi connectivity index (χ1) is 11.4. The Morgan fingerprint density at radius 3 is 1.93 bits per heavy atom. The zero-order chi connectivity index (χ0) is 19.2. The van der Waals surface area contributed by atoms with E-state index in [0.29, 0.717) is 11.0 Å². The first-order valence-electron chi connectivity index (χ1n) is 9.29. The molecule has 1 aliphatic carbocycles. The van der Waals surface area contributed by atoms with Gasteiger partial charge < -0.3 is 0 Å². The van der Waals surface area contributed by atoms with Gasteiger partial charge in [-0.2, -0.15) is 0 Å². The second-order valence-electron chi connectivity index (χ2n) is 9.18. The van der Waals surface area contributed by atoms with Crippen molar-refractivity contribution in [3.8, 4) is 5.75 Å². The molecule has 1 unspecified atom stereocenters. The predicted molar refractivity (Wildman–Crippen MR) is 123 cm³/mol. The third-order valence-electron chi connectivity index (χ3n) is 6.57. The van der Waals surface area contributed by atoms with Crippen LogP contribution in [-0.4, -0.2) is 8.07 Å². The number of hydrogen-bond donors (Lipinski definition) is 0. The minimum Gasteiger partial charge on any atom is -0.147 e. The predicted octanol–water partition coefficient (Wildman–Crippen LogP) is 7.19. The SMILES string of the molecule is CC1=C(C)C(C)[C]([Ti][O]c2cc(C)cc([Si](C)(C)C(C)(C)C)c2)=C1C.Cl.Cl. The second-order valence-corrected chi connectivity index (χ2v) is 16.0.